The van der Waals surface area contributed by atoms with Crippen LogP contribution in [0.5, 0.6) is 11.5 Å². The third kappa shape index (κ3) is 8.23. The summed E-state index contributed by atoms with van der Waals surface area (Å²) in [6.45, 7) is 2.80. The first-order chi connectivity index (χ1) is 20.1. The van der Waals surface area contributed by atoms with Gasteiger partial charge in [-0.1, -0.05) is 55.5 Å². The zero-order valence-electron chi connectivity index (χ0n) is 24.1. The van der Waals surface area contributed by atoms with Crippen molar-refractivity contribution >= 4 is 50.7 Å². The second-order valence-electron chi connectivity index (χ2n) is 10.8. The molecule has 2 aliphatic rings. The first kappa shape index (κ1) is 32.2. The molecule has 0 bridgehead atoms. The van der Waals surface area contributed by atoms with Crippen molar-refractivity contribution < 1.29 is 27.5 Å². The van der Waals surface area contributed by atoms with E-state index in [1.54, 1.807) is 36.4 Å². The van der Waals surface area contributed by atoms with Crippen molar-refractivity contribution in [3.8, 4) is 11.5 Å². The summed E-state index contributed by atoms with van der Waals surface area (Å²) in [6, 6.07) is 9.46. The van der Waals surface area contributed by atoms with Crippen LogP contribution in [0.2, 0.25) is 10.0 Å². The molecule has 1 fully saturated rings. The maximum atomic E-state index is 13.8. The Labute approximate surface area is 258 Å². The second kappa shape index (κ2) is 14.7. The number of halogens is 2. The van der Waals surface area contributed by atoms with Crippen LogP contribution in [0, 0.1) is 0 Å². The van der Waals surface area contributed by atoms with Crippen molar-refractivity contribution in [1.29, 1.82) is 0 Å². The minimum absolute atomic E-state index is 0.0197. The number of anilines is 1. The molecule has 1 aliphatic carbocycles. The van der Waals surface area contributed by atoms with E-state index in [0.29, 0.717) is 52.4 Å². The Morgan fingerprint density at radius 3 is 2.33 bits per heavy atom. The van der Waals surface area contributed by atoms with Crippen molar-refractivity contribution in [3.63, 3.8) is 0 Å². The second-order valence-corrected chi connectivity index (χ2v) is 13.5. The fraction of sp³-hybridized carbons (Fsp3) is 0.533. The Hall–Kier alpha value is -2.69. The molecule has 2 amide bonds. The number of carbonyl (C=O) groups excluding carboxylic acids is 2. The van der Waals surface area contributed by atoms with Crippen molar-refractivity contribution in [2.24, 2.45) is 0 Å². The highest BCUT2D eigenvalue weighted by atomic mass is 35.5. The van der Waals surface area contributed by atoms with Gasteiger partial charge in [0.1, 0.15) is 19.3 Å². The van der Waals surface area contributed by atoms with E-state index in [0.717, 1.165) is 38.4 Å². The van der Waals surface area contributed by atoms with Crippen LogP contribution in [0.4, 0.5) is 5.69 Å². The molecule has 0 spiro atoms. The summed E-state index contributed by atoms with van der Waals surface area (Å²) in [6.07, 6.45) is 6.93. The Bertz CT molecular complexity index is 1350. The minimum Gasteiger partial charge on any atom is -0.486 e. The van der Waals surface area contributed by atoms with Gasteiger partial charge in [-0.3, -0.25) is 13.9 Å². The summed E-state index contributed by atoms with van der Waals surface area (Å²) >= 11 is 12.9. The molecule has 2 aromatic rings. The largest absolute Gasteiger partial charge is 0.486 e. The highest BCUT2D eigenvalue weighted by Crippen LogP contribution is 2.35. The number of carbonyl (C=O) groups is 2. The van der Waals surface area contributed by atoms with Crippen LogP contribution in [0.1, 0.15) is 63.9 Å². The SMILES string of the molecule is CC[C@H](C(=O)NC1CCCCC1)N(Cc1c(Cl)cccc1Cl)C(=O)CCCN(c1ccc2c(c1)OCCO2)S(C)(=O)=O. The minimum atomic E-state index is -3.66. The molecule has 1 N–H and O–H groups in total. The smallest absolute Gasteiger partial charge is 0.243 e. The molecule has 1 saturated carbocycles. The van der Waals surface area contributed by atoms with E-state index in [4.69, 9.17) is 32.7 Å². The topological polar surface area (TPSA) is 105 Å². The molecule has 9 nitrogen and oxygen atoms in total. The third-order valence-electron chi connectivity index (χ3n) is 7.69. The molecule has 2 aromatic carbocycles. The number of amides is 2. The zero-order chi connectivity index (χ0) is 30.3. The first-order valence-corrected chi connectivity index (χ1v) is 17.1. The molecule has 4 rings (SSSR count). The van der Waals surface area contributed by atoms with Gasteiger partial charge in [-0.15, -0.1) is 0 Å². The van der Waals surface area contributed by atoms with E-state index in [2.05, 4.69) is 5.32 Å². The fourth-order valence-corrected chi connectivity index (χ4v) is 6.98. The quantitative estimate of drug-likeness (QED) is 0.326. The number of rotatable bonds is 12. The summed E-state index contributed by atoms with van der Waals surface area (Å²) in [5, 5.41) is 3.97. The van der Waals surface area contributed by atoms with Gasteiger partial charge in [0.15, 0.2) is 11.5 Å². The van der Waals surface area contributed by atoms with Gasteiger partial charge in [0.25, 0.3) is 0 Å². The summed E-state index contributed by atoms with van der Waals surface area (Å²) in [4.78, 5) is 28.8. The summed E-state index contributed by atoms with van der Waals surface area (Å²) in [7, 11) is -3.66. The van der Waals surface area contributed by atoms with E-state index >= 15 is 0 Å². The number of sulfonamides is 1. The van der Waals surface area contributed by atoms with Gasteiger partial charge in [0.05, 0.1) is 11.9 Å². The van der Waals surface area contributed by atoms with E-state index in [1.807, 2.05) is 6.92 Å². The van der Waals surface area contributed by atoms with E-state index in [9.17, 15) is 18.0 Å². The van der Waals surface area contributed by atoms with Gasteiger partial charge >= 0.3 is 0 Å². The maximum Gasteiger partial charge on any atom is 0.243 e. The van der Waals surface area contributed by atoms with Crippen LogP contribution in [-0.4, -0.2) is 63.2 Å². The van der Waals surface area contributed by atoms with E-state index in [-0.39, 0.29) is 43.8 Å². The fourth-order valence-electron chi connectivity index (χ4n) is 5.51. The lowest BCUT2D eigenvalue weighted by Gasteiger charge is -2.33. The molecular formula is C30H39Cl2N3O6S. The number of nitrogens with one attached hydrogen (secondary N) is 1. The van der Waals surface area contributed by atoms with Crippen molar-refractivity contribution in [2.45, 2.75) is 76.9 Å². The lowest BCUT2D eigenvalue weighted by molar-refractivity contribution is -0.141. The molecule has 0 radical (unpaired) electrons. The van der Waals surface area contributed by atoms with Gasteiger partial charge in [0, 0.05) is 47.2 Å². The van der Waals surface area contributed by atoms with Crippen LogP contribution >= 0.6 is 23.2 Å². The van der Waals surface area contributed by atoms with Crippen molar-refractivity contribution in [1.82, 2.24) is 10.2 Å². The number of hydrogen-bond acceptors (Lipinski definition) is 6. The molecule has 42 heavy (non-hydrogen) atoms. The van der Waals surface area contributed by atoms with Crippen LogP contribution in [0.3, 0.4) is 0 Å². The molecular weight excluding hydrogens is 601 g/mol. The van der Waals surface area contributed by atoms with E-state index < -0.39 is 16.1 Å². The standard InChI is InChI=1S/C30H39Cl2N3O6S/c1-3-26(30(37)33-21-9-5-4-6-10-21)34(20-23-24(31)11-7-12-25(23)32)29(36)13-8-16-35(42(2,38)39)22-14-15-27-28(19-22)41-18-17-40-27/h7,11-12,14-15,19,21,26H,3-6,8-10,13,16-18,20H2,1-2H3,(H,33,37)/t26-/m1/s1. The van der Waals surface area contributed by atoms with Gasteiger partial charge in [-0.05, 0) is 49.9 Å². The van der Waals surface area contributed by atoms with Gasteiger partial charge < -0.3 is 19.7 Å². The summed E-state index contributed by atoms with van der Waals surface area (Å²) in [5.74, 6) is 0.544. The molecule has 0 saturated heterocycles. The molecule has 1 heterocycles. The molecule has 12 heteroatoms. The number of nitrogens with zero attached hydrogens (tertiary/aromatic N) is 2. The zero-order valence-corrected chi connectivity index (χ0v) is 26.4. The van der Waals surface area contributed by atoms with Gasteiger partial charge in [-0.25, -0.2) is 8.42 Å². The molecule has 1 aliphatic heterocycles. The Balaban J connectivity index is 1.51. The number of hydrogen-bond donors (Lipinski definition) is 1. The van der Waals surface area contributed by atoms with Crippen LogP contribution in [0.15, 0.2) is 36.4 Å². The summed E-state index contributed by atoms with van der Waals surface area (Å²) in [5.41, 5.74) is 0.985. The normalized spacial score (nSPS) is 16.0. The Kier molecular flexibility index (Phi) is 11.3. The monoisotopic (exact) mass is 639 g/mol. The molecule has 0 aromatic heterocycles. The van der Waals surface area contributed by atoms with E-state index in [1.165, 1.54) is 9.21 Å². The average Bonchev–Trinajstić information content (AvgIpc) is 2.96. The number of fused-ring (bicyclic) bond motifs is 1. The van der Waals surface area contributed by atoms with Gasteiger partial charge in [-0.2, -0.15) is 0 Å². The number of benzene rings is 2. The predicted octanol–water partition coefficient (Wildman–Crippen LogP) is 5.57. The lowest BCUT2D eigenvalue weighted by atomic mass is 9.95. The Morgan fingerprint density at radius 1 is 1.02 bits per heavy atom. The number of ether oxygens (including phenoxy) is 2. The molecule has 0 unspecified atom stereocenters. The first-order valence-electron chi connectivity index (χ1n) is 14.5. The summed E-state index contributed by atoms with van der Waals surface area (Å²) < 4.78 is 37.9. The predicted molar refractivity (Wildman–Crippen MR) is 165 cm³/mol. The van der Waals surface area contributed by atoms with Crippen molar-refractivity contribution in [2.75, 3.05) is 30.3 Å². The third-order valence-corrected chi connectivity index (χ3v) is 9.60. The van der Waals surface area contributed by atoms with Crippen LogP contribution in [0.25, 0.3) is 0 Å². The van der Waals surface area contributed by atoms with Crippen molar-refractivity contribution in [3.05, 3.63) is 52.0 Å². The lowest BCUT2D eigenvalue weighted by Crippen LogP contribution is -2.51. The average molecular weight is 641 g/mol. The highest BCUT2D eigenvalue weighted by molar-refractivity contribution is 7.92. The van der Waals surface area contributed by atoms with Gasteiger partial charge in [0.2, 0.25) is 21.8 Å². The maximum absolute atomic E-state index is 13.8. The molecule has 1 atom stereocenters. The van der Waals surface area contributed by atoms with Crippen LogP contribution < -0.4 is 19.1 Å². The molecule has 230 valence electrons. The van der Waals surface area contributed by atoms with Crippen LogP contribution in [-0.2, 0) is 26.2 Å². The highest BCUT2D eigenvalue weighted by Gasteiger charge is 2.31. The Morgan fingerprint density at radius 2 is 1.69 bits per heavy atom.